The minimum absolute atomic E-state index is 0.0770. The van der Waals surface area contributed by atoms with Gasteiger partial charge in [0.1, 0.15) is 5.71 Å². The summed E-state index contributed by atoms with van der Waals surface area (Å²) in [7, 11) is 0. The van der Waals surface area contributed by atoms with E-state index in [0.717, 1.165) is 18.9 Å². The van der Waals surface area contributed by atoms with Gasteiger partial charge in [-0.25, -0.2) is 0 Å². The summed E-state index contributed by atoms with van der Waals surface area (Å²) >= 11 is 0. The normalized spacial score (nSPS) is 10.0. The van der Waals surface area contributed by atoms with Gasteiger partial charge in [-0.15, -0.1) is 0 Å². The van der Waals surface area contributed by atoms with Crippen LogP contribution in [0.5, 0.6) is 0 Å². The van der Waals surface area contributed by atoms with Crippen molar-refractivity contribution in [1.82, 2.24) is 0 Å². The predicted molar refractivity (Wildman–Crippen MR) is 96.6 cm³/mol. The third-order valence-corrected chi connectivity index (χ3v) is 3.82. The van der Waals surface area contributed by atoms with Gasteiger partial charge < -0.3 is 5.41 Å². The third kappa shape index (κ3) is 11.2. The van der Waals surface area contributed by atoms with E-state index in [1.807, 2.05) is 5.87 Å². The number of nitrogens with one attached hydrogen (secondary N) is 4. The largest absolute Gasteiger partial charge is 0.303 e. The Bertz CT molecular complexity index is 392. The second-order valence-corrected chi connectivity index (χ2v) is 5.84. The summed E-state index contributed by atoms with van der Waals surface area (Å²) in [5, 5.41) is 29.6. The molecular weight excluding hydrogens is 272 g/mol. The summed E-state index contributed by atoms with van der Waals surface area (Å²) in [5.41, 5.74) is 0.0299. The average molecular weight is 304 g/mol. The highest BCUT2D eigenvalue weighted by atomic mass is 14.6. The molecule has 4 nitrogen and oxygen atoms in total. The Morgan fingerprint density at radius 3 is 1.68 bits per heavy atom. The second kappa shape index (κ2) is 14.4. The monoisotopic (exact) mass is 304 g/mol. The van der Waals surface area contributed by atoms with Crippen LogP contribution in [0, 0.1) is 21.6 Å². The molecule has 0 amide bonds. The molecule has 124 valence electrons. The fourth-order valence-electron chi connectivity index (χ4n) is 2.40. The van der Waals surface area contributed by atoms with E-state index in [2.05, 4.69) is 6.92 Å². The highest BCUT2D eigenvalue weighted by molar-refractivity contribution is 6.69. The van der Waals surface area contributed by atoms with Gasteiger partial charge in [0.05, 0.1) is 11.4 Å². The van der Waals surface area contributed by atoms with E-state index in [1.54, 1.807) is 0 Å². The maximum absolute atomic E-state index is 7.76. The summed E-state index contributed by atoms with van der Waals surface area (Å²) in [6.45, 7) is 2.24. The molecule has 0 heterocycles. The SMILES string of the molecule is CCCCCCCCCCCCCC(=N)C(=N)C(=N)C=C=N. The minimum Gasteiger partial charge on any atom is -0.303 e. The quantitative estimate of drug-likeness (QED) is 0.225. The van der Waals surface area contributed by atoms with E-state index >= 15 is 0 Å². The van der Waals surface area contributed by atoms with E-state index < -0.39 is 0 Å². The summed E-state index contributed by atoms with van der Waals surface area (Å²) < 4.78 is 0. The van der Waals surface area contributed by atoms with Crippen molar-refractivity contribution >= 4 is 23.0 Å². The van der Waals surface area contributed by atoms with E-state index in [4.69, 9.17) is 21.6 Å². The molecule has 0 aliphatic carbocycles. The highest BCUT2D eigenvalue weighted by Crippen LogP contribution is 2.12. The molecule has 0 saturated carbocycles. The molecule has 0 atom stereocenters. The lowest BCUT2D eigenvalue weighted by molar-refractivity contribution is 0.552. The van der Waals surface area contributed by atoms with Crippen LogP contribution in [0.4, 0.5) is 0 Å². The van der Waals surface area contributed by atoms with Gasteiger partial charge in [-0.3, -0.25) is 16.2 Å². The molecule has 0 spiro atoms. The fraction of sp³-hybridized carbons (Fsp3) is 0.722. The zero-order valence-electron chi connectivity index (χ0n) is 14.1. The standard InChI is InChI=1S/C18H32N4/c1-2-3-4-5-6-7-8-9-10-11-12-13-16(20)18(22)17(21)14-15-19/h14,19-22H,2-13H2,1H3. The molecule has 22 heavy (non-hydrogen) atoms. The van der Waals surface area contributed by atoms with Gasteiger partial charge in [-0.1, -0.05) is 71.1 Å². The van der Waals surface area contributed by atoms with Gasteiger partial charge in [0.2, 0.25) is 0 Å². The Labute approximate surface area is 135 Å². The minimum atomic E-state index is -0.0944. The number of allylic oxidation sites excluding steroid dienone is 1. The molecule has 4 N–H and O–H groups in total. The van der Waals surface area contributed by atoms with Crippen molar-refractivity contribution in [2.24, 2.45) is 0 Å². The zero-order valence-corrected chi connectivity index (χ0v) is 14.1. The van der Waals surface area contributed by atoms with Gasteiger partial charge in [0.25, 0.3) is 0 Å². The Kier molecular flexibility index (Phi) is 13.4. The molecule has 0 saturated heterocycles. The Balaban J connectivity index is 3.46. The molecule has 4 heteroatoms. The van der Waals surface area contributed by atoms with Crippen LogP contribution in [0.15, 0.2) is 6.08 Å². The van der Waals surface area contributed by atoms with Gasteiger partial charge in [0, 0.05) is 6.08 Å². The molecule has 0 bridgehead atoms. The van der Waals surface area contributed by atoms with Gasteiger partial charge in [-0.2, -0.15) is 0 Å². The van der Waals surface area contributed by atoms with Crippen molar-refractivity contribution in [1.29, 1.82) is 21.6 Å². The highest BCUT2D eigenvalue weighted by Gasteiger charge is 2.08. The first-order valence-corrected chi connectivity index (χ1v) is 8.64. The summed E-state index contributed by atoms with van der Waals surface area (Å²) in [4.78, 5) is 0. The molecule has 0 aromatic carbocycles. The van der Waals surface area contributed by atoms with Crippen LogP contribution in [-0.4, -0.2) is 23.0 Å². The maximum Gasteiger partial charge on any atom is 0.100 e. The van der Waals surface area contributed by atoms with Crippen LogP contribution >= 0.6 is 0 Å². The topological polar surface area (TPSA) is 95.4 Å². The second-order valence-electron chi connectivity index (χ2n) is 5.84. The van der Waals surface area contributed by atoms with Crippen molar-refractivity contribution in [3.63, 3.8) is 0 Å². The number of hydrogen-bond acceptors (Lipinski definition) is 4. The van der Waals surface area contributed by atoms with Gasteiger partial charge in [0.15, 0.2) is 0 Å². The van der Waals surface area contributed by atoms with Gasteiger partial charge in [-0.05, 0) is 18.7 Å². The third-order valence-electron chi connectivity index (χ3n) is 3.82. The van der Waals surface area contributed by atoms with E-state index in [-0.39, 0.29) is 17.1 Å². The number of hydrogen-bond donors (Lipinski definition) is 4. The summed E-state index contributed by atoms with van der Waals surface area (Å²) in [6, 6.07) is 0. The Morgan fingerprint density at radius 1 is 0.773 bits per heavy atom. The first-order valence-electron chi connectivity index (χ1n) is 8.64. The smallest absolute Gasteiger partial charge is 0.100 e. The van der Waals surface area contributed by atoms with E-state index in [1.165, 1.54) is 57.8 Å². The van der Waals surface area contributed by atoms with Crippen LogP contribution in [0.1, 0.15) is 84.0 Å². The van der Waals surface area contributed by atoms with E-state index in [9.17, 15) is 0 Å². The van der Waals surface area contributed by atoms with Gasteiger partial charge >= 0.3 is 0 Å². The van der Waals surface area contributed by atoms with Crippen LogP contribution in [0.25, 0.3) is 0 Å². The molecule has 0 aliphatic rings. The zero-order chi connectivity index (χ0) is 16.6. The Morgan fingerprint density at radius 2 is 1.23 bits per heavy atom. The predicted octanol–water partition coefficient (Wildman–Crippen LogP) is 5.55. The molecule has 0 fully saturated rings. The number of rotatable bonds is 15. The first-order chi connectivity index (χ1) is 10.6. The van der Waals surface area contributed by atoms with Crippen molar-refractivity contribution < 1.29 is 0 Å². The van der Waals surface area contributed by atoms with Crippen molar-refractivity contribution in [3.8, 4) is 0 Å². The lowest BCUT2D eigenvalue weighted by atomic mass is 10.0. The van der Waals surface area contributed by atoms with Crippen LogP contribution < -0.4 is 0 Å². The van der Waals surface area contributed by atoms with Crippen molar-refractivity contribution in [3.05, 3.63) is 6.08 Å². The maximum atomic E-state index is 7.76. The Hall–Kier alpha value is -1.54. The number of unbranched alkanes of at least 4 members (excludes halogenated alkanes) is 10. The molecule has 0 unspecified atom stereocenters. The molecular formula is C18H32N4. The molecule has 0 radical (unpaired) electrons. The van der Waals surface area contributed by atoms with Crippen LogP contribution in [-0.2, 0) is 0 Å². The lowest BCUT2D eigenvalue weighted by Crippen LogP contribution is -2.20. The van der Waals surface area contributed by atoms with Crippen molar-refractivity contribution in [2.75, 3.05) is 0 Å². The van der Waals surface area contributed by atoms with Crippen molar-refractivity contribution in [2.45, 2.75) is 84.0 Å². The first kappa shape index (κ1) is 20.5. The molecule has 0 aromatic rings. The molecule has 0 aromatic heterocycles. The van der Waals surface area contributed by atoms with E-state index in [0.29, 0.717) is 6.42 Å². The summed E-state index contributed by atoms with van der Waals surface area (Å²) in [5.74, 6) is 1.98. The lowest BCUT2D eigenvalue weighted by Gasteiger charge is -2.05. The average Bonchev–Trinajstić information content (AvgIpc) is 2.51. The molecule has 0 rings (SSSR count). The summed E-state index contributed by atoms with van der Waals surface area (Å²) in [6.07, 6.45) is 15.6. The molecule has 0 aliphatic heterocycles. The van der Waals surface area contributed by atoms with Crippen LogP contribution in [0.3, 0.4) is 0 Å². The fourth-order valence-corrected chi connectivity index (χ4v) is 2.40. The van der Waals surface area contributed by atoms with Crippen LogP contribution in [0.2, 0.25) is 0 Å².